The fourth-order valence-corrected chi connectivity index (χ4v) is 4.87. The number of carboxylic acids is 1. The molecule has 1 unspecified atom stereocenters. The molecule has 2 heterocycles. The molecule has 2 aromatic carbocycles. The lowest BCUT2D eigenvalue weighted by molar-refractivity contribution is -0.143. The zero-order valence-corrected chi connectivity index (χ0v) is 20.2. The Morgan fingerprint density at radius 3 is 2.38 bits per heavy atom. The monoisotopic (exact) mass is 496 g/mol. The molecule has 4 rings (SSSR count). The summed E-state index contributed by atoms with van der Waals surface area (Å²) >= 11 is 7.27. The SMILES string of the molecule is CC1=C(C(=O)OC(C)C)C(c2ccc(Cl)cc2)n2c(s/c(=C/c3ccc(C(=O)O)cc3)c2=O)=N1. The van der Waals surface area contributed by atoms with Crippen molar-refractivity contribution < 1.29 is 19.4 Å². The number of rotatable bonds is 5. The Kier molecular flexibility index (Phi) is 6.54. The first kappa shape index (κ1) is 23.7. The number of thiazole rings is 1. The van der Waals surface area contributed by atoms with Crippen LogP contribution in [-0.4, -0.2) is 27.7 Å². The number of nitrogens with zero attached hydrogens (tertiary/aromatic N) is 2. The van der Waals surface area contributed by atoms with Gasteiger partial charge in [-0.2, -0.15) is 0 Å². The number of hydrogen-bond acceptors (Lipinski definition) is 6. The summed E-state index contributed by atoms with van der Waals surface area (Å²) in [5.41, 5.74) is 1.99. The van der Waals surface area contributed by atoms with Gasteiger partial charge in [-0.15, -0.1) is 0 Å². The van der Waals surface area contributed by atoms with Crippen molar-refractivity contribution in [3.63, 3.8) is 0 Å². The van der Waals surface area contributed by atoms with Gasteiger partial charge in [0.15, 0.2) is 4.80 Å². The van der Waals surface area contributed by atoms with E-state index < -0.39 is 18.0 Å². The summed E-state index contributed by atoms with van der Waals surface area (Å²) in [4.78, 5) is 42.7. The second-order valence-corrected chi connectivity index (χ2v) is 9.46. The van der Waals surface area contributed by atoms with E-state index in [1.54, 1.807) is 63.2 Å². The van der Waals surface area contributed by atoms with Crippen molar-refractivity contribution in [2.75, 3.05) is 0 Å². The molecule has 0 saturated carbocycles. The molecule has 0 amide bonds. The molecular formula is C25H21ClN2O5S. The van der Waals surface area contributed by atoms with Crippen LogP contribution in [0, 0.1) is 0 Å². The van der Waals surface area contributed by atoms with E-state index >= 15 is 0 Å². The first-order chi connectivity index (χ1) is 16.2. The highest BCUT2D eigenvalue weighted by atomic mass is 35.5. The van der Waals surface area contributed by atoms with Crippen molar-refractivity contribution in [2.24, 2.45) is 4.99 Å². The molecule has 0 aliphatic carbocycles. The van der Waals surface area contributed by atoms with Crippen LogP contribution >= 0.6 is 22.9 Å². The lowest BCUT2D eigenvalue weighted by atomic mass is 9.96. The number of esters is 1. The third-order valence-electron chi connectivity index (χ3n) is 5.23. The largest absolute Gasteiger partial charge is 0.478 e. The molecule has 0 spiro atoms. The fraction of sp³-hybridized carbons (Fsp3) is 0.200. The van der Waals surface area contributed by atoms with Crippen LogP contribution in [0.2, 0.25) is 5.02 Å². The van der Waals surface area contributed by atoms with E-state index in [4.69, 9.17) is 21.4 Å². The van der Waals surface area contributed by atoms with Crippen LogP contribution in [0.25, 0.3) is 6.08 Å². The number of hydrogen-bond donors (Lipinski definition) is 1. The van der Waals surface area contributed by atoms with Gasteiger partial charge in [-0.3, -0.25) is 9.36 Å². The van der Waals surface area contributed by atoms with E-state index in [9.17, 15) is 14.4 Å². The molecule has 0 saturated heterocycles. The maximum atomic E-state index is 13.5. The summed E-state index contributed by atoms with van der Waals surface area (Å²) in [5.74, 6) is -1.56. The Balaban J connectivity index is 1.90. The quantitative estimate of drug-likeness (QED) is 0.545. The van der Waals surface area contributed by atoms with E-state index in [1.165, 1.54) is 28.0 Å². The summed E-state index contributed by atoms with van der Waals surface area (Å²) in [5, 5.41) is 9.63. The van der Waals surface area contributed by atoms with E-state index in [-0.39, 0.29) is 17.2 Å². The molecule has 1 aliphatic heterocycles. The Morgan fingerprint density at radius 1 is 1.15 bits per heavy atom. The molecule has 9 heteroatoms. The molecule has 7 nitrogen and oxygen atoms in total. The van der Waals surface area contributed by atoms with Gasteiger partial charge in [0, 0.05) is 5.02 Å². The van der Waals surface area contributed by atoms with E-state index in [0.29, 0.717) is 36.8 Å². The minimum atomic E-state index is -1.02. The van der Waals surface area contributed by atoms with Gasteiger partial charge in [0.1, 0.15) is 0 Å². The van der Waals surface area contributed by atoms with Gasteiger partial charge in [0.2, 0.25) is 0 Å². The van der Waals surface area contributed by atoms with Crippen LogP contribution in [0.3, 0.4) is 0 Å². The number of aromatic nitrogens is 1. The summed E-state index contributed by atoms with van der Waals surface area (Å²) in [7, 11) is 0. The molecule has 1 aromatic heterocycles. The minimum Gasteiger partial charge on any atom is -0.478 e. The highest BCUT2D eigenvalue weighted by Crippen LogP contribution is 2.31. The van der Waals surface area contributed by atoms with Crippen LogP contribution < -0.4 is 14.9 Å². The molecular weight excluding hydrogens is 476 g/mol. The van der Waals surface area contributed by atoms with Gasteiger partial charge in [-0.1, -0.05) is 47.2 Å². The number of benzene rings is 2. The second-order valence-electron chi connectivity index (χ2n) is 8.01. The van der Waals surface area contributed by atoms with E-state index in [0.717, 1.165) is 0 Å². The third-order valence-corrected chi connectivity index (χ3v) is 6.46. The van der Waals surface area contributed by atoms with Crippen molar-refractivity contribution in [3.8, 4) is 0 Å². The van der Waals surface area contributed by atoms with Crippen molar-refractivity contribution in [1.29, 1.82) is 0 Å². The first-order valence-electron chi connectivity index (χ1n) is 10.5. The topological polar surface area (TPSA) is 98.0 Å². The number of allylic oxidation sites excluding steroid dienone is 1. The predicted molar refractivity (Wildman–Crippen MR) is 130 cm³/mol. The van der Waals surface area contributed by atoms with Crippen molar-refractivity contribution >= 4 is 41.0 Å². The number of fused-ring (bicyclic) bond motifs is 1. The van der Waals surface area contributed by atoms with E-state index in [1.807, 2.05) is 0 Å². The summed E-state index contributed by atoms with van der Waals surface area (Å²) < 4.78 is 7.38. The van der Waals surface area contributed by atoms with Gasteiger partial charge in [-0.25, -0.2) is 14.6 Å². The maximum Gasteiger partial charge on any atom is 0.338 e. The standard InChI is InChI=1S/C25H21ClN2O5S/c1-13(2)33-24(32)20-14(3)27-25-28(21(20)16-8-10-18(26)11-9-16)22(29)19(34-25)12-15-4-6-17(7-5-15)23(30)31/h4-13,21H,1-3H3,(H,30,31)/b19-12+. The van der Waals surface area contributed by atoms with Crippen molar-refractivity contribution in [3.05, 3.63) is 101 Å². The molecule has 0 fully saturated rings. The van der Waals surface area contributed by atoms with Gasteiger partial charge in [-0.05, 0) is 62.2 Å². The normalized spacial score (nSPS) is 15.8. The zero-order valence-electron chi connectivity index (χ0n) is 18.6. The molecule has 174 valence electrons. The Morgan fingerprint density at radius 2 is 1.79 bits per heavy atom. The number of halogens is 1. The highest BCUT2D eigenvalue weighted by Gasteiger charge is 2.33. The molecule has 0 bridgehead atoms. The third kappa shape index (κ3) is 4.60. The second kappa shape index (κ2) is 9.40. The average molecular weight is 497 g/mol. The Bertz CT molecular complexity index is 1480. The minimum absolute atomic E-state index is 0.158. The van der Waals surface area contributed by atoms with Gasteiger partial charge >= 0.3 is 11.9 Å². The predicted octanol–water partition coefficient (Wildman–Crippen LogP) is 3.54. The van der Waals surface area contributed by atoms with Crippen molar-refractivity contribution in [1.82, 2.24) is 4.57 Å². The molecule has 34 heavy (non-hydrogen) atoms. The summed E-state index contributed by atoms with van der Waals surface area (Å²) in [6, 6.07) is 12.5. The molecule has 0 radical (unpaired) electrons. The van der Waals surface area contributed by atoms with Crippen LogP contribution in [0.5, 0.6) is 0 Å². The number of carboxylic acid groups (broad SMARTS) is 1. The molecule has 1 atom stereocenters. The Labute approximate surface area is 203 Å². The first-order valence-corrected chi connectivity index (χ1v) is 11.7. The van der Waals surface area contributed by atoms with Crippen LogP contribution in [0.1, 0.15) is 48.3 Å². The highest BCUT2D eigenvalue weighted by molar-refractivity contribution is 7.07. The lowest BCUT2D eigenvalue weighted by Crippen LogP contribution is -2.40. The molecule has 1 N–H and O–H groups in total. The smallest absolute Gasteiger partial charge is 0.338 e. The number of ether oxygens (including phenoxy) is 1. The van der Waals surface area contributed by atoms with Crippen LogP contribution in [-0.2, 0) is 9.53 Å². The lowest BCUT2D eigenvalue weighted by Gasteiger charge is -2.25. The van der Waals surface area contributed by atoms with Crippen molar-refractivity contribution in [2.45, 2.75) is 32.9 Å². The number of carbonyl (C=O) groups excluding carboxylic acids is 1. The van der Waals surface area contributed by atoms with E-state index in [2.05, 4.69) is 4.99 Å². The summed E-state index contributed by atoms with van der Waals surface area (Å²) in [6.07, 6.45) is 1.34. The fourth-order valence-electron chi connectivity index (χ4n) is 3.69. The maximum absolute atomic E-state index is 13.5. The van der Waals surface area contributed by atoms with Gasteiger partial charge in [0.25, 0.3) is 5.56 Å². The van der Waals surface area contributed by atoms with Crippen LogP contribution in [0.4, 0.5) is 0 Å². The van der Waals surface area contributed by atoms with Gasteiger partial charge < -0.3 is 9.84 Å². The summed E-state index contributed by atoms with van der Waals surface area (Å²) in [6.45, 7) is 5.24. The number of aromatic carboxylic acids is 1. The molecule has 3 aromatic rings. The van der Waals surface area contributed by atoms with Crippen LogP contribution in [0.15, 0.2) is 69.6 Å². The average Bonchev–Trinajstić information content (AvgIpc) is 3.07. The van der Waals surface area contributed by atoms with Gasteiger partial charge in [0.05, 0.1) is 33.5 Å². The zero-order chi connectivity index (χ0) is 24.6. The Hall–Kier alpha value is -3.49. The number of carbonyl (C=O) groups is 2. The molecule has 1 aliphatic rings.